The number of nitriles is 1. The summed E-state index contributed by atoms with van der Waals surface area (Å²) in [7, 11) is 0. The first-order chi connectivity index (χ1) is 16.5. The third-order valence-corrected chi connectivity index (χ3v) is 8.85. The molecular weight excluding hydrogens is 428 g/mol. The highest BCUT2D eigenvalue weighted by molar-refractivity contribution is 5.93. The molecule has 1 unspecified atom stereocenters. The summed E-state index contributed by atoms with van der Waals surface area (Å²) in [6, 6.07) is 10.9. The molecule has 1 aromatic carbocycles. The quantitative estimate of drug-likeness (QED) is 0.613. The van der Waals surface area contributed by atoms with Gasteiger partial charge in [0.05, 0.1) is 23.1 Å². The van der Waals surface area contributed by atoms with Gasteiger partial charge in [0.1, 0.15) is 5.69 Å². The Labute approximate surface area is 197 Å². The van der Waals surface area contributed by atoms with E-state index in [1.54, 1.807) is 21.7 Å². The fourth-order valence-corrected chi connectivity index (χ4v) is 6.37. The van der Waals surface area contributed by atoms with E-state index in [9.17, 15) is 15.2 Å². The number of hydrogen-bond acceptors (Lipinski definition) is 6. The van der Waals surface area contributed by atoms with E-state index in [2.05, 4.69) is 33.5 Å². The Morgan fingerprint density at radius 2 is 2.03 bits per heavy atom. The molecule has 2 saturated carbocycles. The van der Waals surface area contributed by atoms with Crippen molar-refractivity contribution < 1.29 is 9.90 Å². The van der Waals surface area contributed by atoms with Crippen molar-refractivity contribution in [1.29, 1.82) is 5.26 Å². The second-order valence-corrected chi connectivity index (χ2v) is 10.6. The van der Waals surface area contributed by atoms with E-state index >= 15 is 0 Å². The SMILES string of the molecule is N#CC1(c2cnc3nc(C(=O)N4CC[C@]5(Cc6ccccc6CN5)[C@H](O)C4)cn3c2)CC12CC2. The summed E-state index contributed by atoms with van der Waals surface area (Å²) >= 11 is 0. The molecule has 7 rings (SSSR count). The van der Waals surface area contributed by atoms with Crippen LogP contribution in [0.15, 0.2) is 42.9 Å². The number of fused-ring (bicyclic) bond motifs is 2. The monoisotopic (exact) mass is 454 g/mol. The van der Waals surface area contributed by atoms with Crippen LogP contribution in [0.5, 0.6) is 0 Å². The van der Waals surface area contributed by atoms with E-state index in [-0.39, 0.29) is 17.9 Å². The summed E-state index contributed by atoms with van der Waals surface area (Å²) in [5.74, 6) is 0.252. The molecule has 8 nitrogen and oxygen atoms in total. The number of nitrogens with one attached hydrogen (secondary N) is 1. The molecular formula is C26H26N6O2. The average molecular weight is 455 g/mol. The lowest BCUT2D eigenvalue weighted by Gasteiger charge is -2.48. The zero-order chi connectivity index (χ0) is 23.1. The molecule has 1 amide bonds. The van der Waals surface area contributed by atoms with Gasteiger partial charge in [-0.25, -0.2) is 9.97 Å². The van der Waals surface area contributed by atoms with Crippen molar-refractivity contribution in [3.05, 3.63) is 65.2 Å². The second kappa shape index (κ2) is 6.65. The van der Waals surface area contributed by atoms with Crippen molar-refractivity contribution in [3.8, 4) is 6.07 Å². The molecule has 3 atom stereocenters. The highest BCUT2D eigenvalue weighted by Gasteiger charge is 2.75. The summed E-state index contributed by atoms with van der Waals surface area (Å²) in [6.45, 7) is 1.55. The van der Waals surface area contributed by atoms with Crippen LogP contribution >= 0.6 is 0 Å². The standard InChI is InChI=1S/C26H26N6O2/c27-16-25(15-24(25)5-6-24)19-11-28-23-30-20(13-32(23)12-19)22(34)31-8-7-26(21(33)14-31)9-17-3-1-2-4-18(17)10-29-26/h1-4,11-13,21,29,33H,5-10,14-15H2/t21-,25?,26+/m1/s1. The van der Waals surface area contributed by atoms with Crippen LogP contribution in [0.1, 0.15) is 52.9 Å². The van der Waals surface area contributed by atoms with Gasteiger partial charge < -0.3 is 15.3 Å². The summed E-state index contributed by atoms with van der Waals surface area (Å²) in [6.07, 6.45) is 9.23. The van der Waals surface area contributed by atoms with Gasteiger partial charge in [-0.3, -0.25) is 9.20 Å². The molecule has 3 fully saturated rings. The second-order valence-electron chi connectivity index (χ2n) is 10.6. The third kappa shape index (κ3) is 2.68. The summed E-state index contributed by atoms with van der Waals surface area (Å²) in [5.41, 5.74) is 3.08. The van der Waals surface area contributed by atoms with Gasteiger partial charge >= 0.3 is 0 Å². The average Bonchev–Trinajstić information content (AvgIpc) is 3.74. The van der Waals surface area contributed by atoms with Gasteiger partial charge in [0.15, 0.2) is 0 Å². The van der Waals surface area contributed by atoms with E-state index in [0.717, 1.165) is 37.8 Å². The van der Waals surface area contributed by atoms with Gasteiger partial charge in [-0.05, 0) is 48.6 Å². The summed E-state index contributed by atoms with van der Waals surface area (Å²) < 4.78 is 1.76. The minimum Gasteiger partial charge on any atom is -0.389 e. The third-order valence-electron chi connectivity index (χ3n) is 8.85. The maximum atomic E-state index is 13.3. The number of rotatable bonds is 2. The minimum atomic E-state index is -0.666. The number of piperidine rings is 1. The molecule has 0 bridgehead atoms. The minimum absolute atomic E-state index is 0.157. The van der Waals surface area contributed by atoms with Gasteiger partial charge in [-0.2, -0.15) is 5.26 Å². The maximum absolute atomic E-state index is 13.3. The molecule has 34 heavy (non-hydrogen) atoms. The molecule has 1 saturated heterocycles. The number of carbonyl (C=O) groups is 1. The van der Waals surface area contributed by atoms with Gasteiger partial charge in [-0.15, -0.1) is 0 Å². The molecule has 8 heteroatoms. The predicted molar refractivity (Wildman–Crippen MR) is 123 cm³/mol. The first kappa shape index (κ1) is 20.1. The van der Waals surface area contributed by atoms with Gasteiger partial charge in [0.2, 0.25) is 5.78 Å². The molecule has 2 aromatic heterocycles. The smallest absolute Gasteiger partial charge is 0.274 e. The molecule has 2 N–H and O–H groups in total. The van der Waals surface area contributed by atoms with E-state index < -0.39 is 17.1 Å². The van der Waals surface area contributed by atoms with Crippen molar-refractivity contribution in [2.75, 3.05) is 13.1 Å². The van der Waals surface area contributed by atoms with Crippen molar-refractivity contribution >= 4 is 11.7 Å². The highest BCUT2D eigenvalue weighted by Crippen LogP contribution is 2.78. The molecule has 3 aromatic rings. The lowest BCUT2D eigenvalue weighted by molar-refractivity contribution is -0.0140. The van der Waals surface area contributed by atoms with E-state index in [1.165, 1.54) is 11.1 Å². The predicted octanol–water partition coefficient (Wildman–Crippen LogP) is 1.97. The Kier molecular flexibility index (Phi) is 3.94. The van der Waals surface area contributed by atoms with Crippen molar-refractivity contribution in [1.82, 2.24) is 24.6 Å². The fourth-order valence-electron chi connectivity index (χ4n) is 6.37. The first-order valence-electron chi connectivity index (χ1n) is 12.0. The lowest BCUT2D eigenvalue weighted by atomic mass is 9.76. The van der Waals surface area contributed by atoms with Gasteiger partial charge in [-0.1, -0.05) is 24.3 Å². The summed E-state index contributed by atoms with van der Waals surface area (Å²) in [4.78, 5) is 23.9. The Balaban J connectivity index is 1.11. The van der Waals surface area contributed by atoms with Crippen LogP contribution in [0.3, 0.4) is 0 Å². The molecule has 172 valence electrons. The fraction of sp³-hybridized carbons (Fsp3) is 0.462. The van der Waals surface area contributed by atoms with E-state index in [1.807, 2.05) is 18.3 Å². The Bertz CT molecular complexity index is 1390. The van der Waals surface area contributed by atoms with E-state index in [0.29, 0.717) is 24.4 Å². The molecule has 2 aliphatic heterocycles. The van der Waals surface area contributed by atoms with Crippen LogP contribution in [0.25, 0.3) is 5.78 Å². The largest absolute Gasteiger partial charge is 0.389 e. The number of aliphatic hydroxyl groups excluding tert-OH is 1. The number of β-amino-alcohol motifs (C(OH)–C–C–N with tert-alkyl or cyclic N) is 1. The number of hydrogen-bond donors (Lipinski definition) is 2. The van der Waals surface area contributed by atoms with Crippen molar-refractivity contribution in [3.63, 3.8) is 0 Å². The molecule has 0 radical (unpaired) electrons. The molecule has 2 spiro atoms. The Morgan fingerprint density at radius 1 is 1.21 bits per heavy atom. The van der Waals surface area contributed by atoms with Crippen molar-refractivity contribution in [2.45, 2.75) is 55.7 Å². The first-order valence-corrected chi connectivity index (χ1v) is 12.0. The lowest BCUT2D eigenvalue weighted by Crippen LogP contribution is -2.65. The number of aromatic nitrogens is 3. The Hall–Kier alpha value is -3.28. The van der Waals surface area contributed by atoms with Crippen LogP contribution in [0.4, 0.5) is 0 Å². The van der Waals surface area contributed by atoms with Gasteiger partial charge in [0.25, 0.3) is 5.91 Å². The molecule has 2 aliphatic carbocycles. The number of benzene rings is 1. The number of likely N-dealkylation sites (tertiary alicyclic amines) is 1. The highest BCUT2D eigenvalue weighted by atomic mass is 16.3. The van der Waals surface area contributed by atoms with Crippen LogP contribution in [-0.4, -0.2) is 55.0 Å². The number of imidazole rings is 1. The number of aliphatic hydroxyl groups is 1. The van der Waals surface area contributed by atoms with Crippen LogP contribution in [0.2, 0.25) is 0 Å². The van der Waals surface area contributed by atoms with Crippen LogP contribution < -0.4 is 5.32 Å². The van der Waals surface area contributed by atoms with Crippen LogP contribution in [-0.2, 0) is 18.4 Å². The summed E-state index contributed by atoms with van der Waals surface area (Å²) in [5, 5.41) is 24.5. The molecule has 4 heterocycles. The maximum Gasteiger partial charge on any atom is 0.274 e. The van der Waals surface area contributed by atoms with E-state index in [4.69, 9.17) is 0 Å². The van der Waals surface area contributed by atoms with Gasteiger partial charge in [0, 0.05) is 43.8 Å². The zero-order valence-corrected chi connectivity index (χ0v) is 18.9. The van der Waals surface area contributed by atoms with Crippen LogP contribution in [0, 0.1) is 16.7 Å². The number of amides is 1. The molecule has 4 aliphatic rings. The zero-order valence-electron chi connectivity index (χ0n) is 18.9. The van der Waals surface area contributed by atoms with Crippen molar-refractivity contribution in [2.24, 2.45) is 5.41 Å². The Morgan fingerprint density at radius 3 is 2.76 bits per heavy atom. The number of nitrogens with zero attached hydrogens (tertiary/aromatic N) is 5. The topological polar surface area (TPSA) is 107 Å². The normalized spacial score (nSPS) is 30.8. The number of carbonyl (C=O) groups excluding carboxylic acids is 1.